The lowest BCUT2D eigenvalue weighted by molar-refractivity contribution is 0.112. The van der Waals surface area contributed by atoms with Crippen LogP contribution in [-0.4, -0.2) is 16.1 Å². The fourth-order valence-electron chi connectivity index (χ4n) is 1.43. The second-order valence-corrected chi connectivity index (χ2v) is 3.31. The number of hydrogen-bond donors (Lipinski definition) is 0. The summed E-state index contributed by atoms with van der Waals surface area (Å²) in [5.41, 5.74) is 1.01. The molecule has 0 spiro atoms. The molecule has 2 rings (SSSR count). The van der Waals surface area contributed by atoms with Crippen LogP contribution in [0, 0.1) is 18.6 Å². The molecule has 0 amide bonds. The number of hydrogen-bond acceptors (Lipinski definition) is 2. The predicted octanol–water partition coefficient (Wildman–Crippen LogP) is 2.27. The molecular weight excluding hydrogens is 214 g/mol. The molecule has 16 heavy (non-hydrogen) atoms. The molecule has 0 radical (unpaired) electrons. The Balaban J connectivity index is 2.58. The van der Waals surface area contributed by atoms with Crippen molar-refractivity contribution in [2.24, 2.45) is 0 Å². The highest BCUT2D eigenvalue weighted by molar-refractivity contribution is 5.76. The van der Waals surface area contributed by atoms with Gasteiger partial charge in [0.2, 0.25) is 0 Å². The van der Waals surface area contributed by atoms with Crippen LogP contribution in [0.1, 0.15) is 16.1 Å². The molecule has 5 heteroatoms. The first-order valence-electron chi connectivity index (χ1n) is 4.58. The van der Waals surface area contributed by atoms with E-state index in [1.165, 1.54) is 16.9 Å². The van der Waals surface area contributed by atoms with E-state index < -0.39 is 11.6 Å². The number of aldehydes is 1. The Bertz CT molecular complexity index is 549. The van der Waals surface area contributed by atoms with E-state index >= 15 is 0 Å². The van der Waals surface area contributed by atoms with Gasteiger partial charge in [-0.2, -0.15) is 5.10 Å². The highest BCUT2D eigenvalue weighted by atomic mass is 19.1. The summed E-state index contributed by atoms with van der Waals surface area (Å²) in [6, 6.07) is 3.19. The van der Waals surface area contributed by atoms with E-state index in [1.54, 1.807) is 6.92 Å². The lowest BCUT2D eigenvalue weighted by atomic mass is 10.2. The number of benzene rings is 1. The van der Waals surface area contributed by atoms with E-state index in [0.717, 1.165) is 12.1 Å². The molecular formula is C11H8F2N2O. The first kappa shape index (κ1) is 10.5. The molecule has 0 bridgehead atoms. The first-order valence-corrected chi connectivity index (χ1v) is 4.58. The molecule has 0 unspecified atom stereocenters. The van der Waals surface area contributed by atoms with Crippen LogP contribution in [0.5, 0.6) is 0 Å². The molecule has 1 aromatic heterocycles. The monoisotopic (exact) mass is 222 g/mol. The van der Waals surface area contributed by atoms with E-state index in [2.05, 4.69) is 5.10 Å². The van der Waals surface area contributed by atoms with Gasteiger partial charge in [0.15, 0.2) is 12.1 Å². The lowest BCUT2D eigenvalue weighted by Crippen LogP contribution is -2.02. The number of aromatic nitrogens is 2. The zero-order valence-electron chi connectivity index (χ0n) is 8.45. The lowest BCUT2D eigenvalue weighted by Gasteiger charge is -2.05. The fraction of sp³-hybridized carbons (Fsp3) is 0.0909. The summed E-state index contributed by atoms with van der Waals surface area (Å²) < 4.78 is 27.4. The number of carbonyl (C=O) groups excluding carboxylic acids is 1. The fourth-order valence-corrected chi connectivity index (χ4v) is 1.43. The Kier molecular flexibility index (Phi) is 2.52. The van der Waals surface area contributed by atoms with Crippen molar-refractivity contribution >= 4 is 6.29 Å². The Morgan fingerprint density at radius 1 is 1.38 bits per heavy atom. The van der Waals surface area contributed by atoms with Crippen LogP contribution in [0.15, 0.2) is 24.4 Å². The van der Waals surface area contributed by atoms with Crippen LogP contribution >= 0.6 is 0 Å². The first-order chi connectivity index (χ1) is 7.63. The minimum atomic E-state index is -0.719. The van der Waals surface area contributed by atoms with Gasteiger partial charge in [0.1, 0.15) is 11.5 Å². The topological polar surface area (TPSA) is 34.9 Å². The third-order valence-electron chi connectivity index (χ3n) is 2.31. The van der Waals surface area contributed by atoms with Gasteiger partial charge in [-0.3, -0.25) is 4.79 Å². The number of carbonyl (C=O) groups is 1. The van der Waals surface area contributed by atoms with Crippen LogP contribution in [0.25, 0.3) is 5.69 Å². The quantitative estimate of drug-likeness (QED) is 0.730. The normalized spacial score (nSPS) is 10.4. The van der Waals surface area contributed by atoms with Gasteiger partial charge in [0.25, 0.3) is 0 Å². The number of halogens is 2. The van der Waals surface area contributed by atoms with E-state index in [0.29, 0.717) is 17.5 Å². The summed E-state index contributed by atoms with van der Waals surface area (Å²) >= 11 is 0. The molecule has 1 aromatic carbocycles. The van der Waals surface area contributed by atoms with Crippen LogP contribution in [0.4, 0.5) is 8.78 Å². The number of nitrogens with zero attached hydrogens (tertiary/aromatic N) is 2. The van der Waals surface area contributed by atoms with Crippen molar-refractivity contribution in [3.05, 3.63) is 47.3 Å². The van der Waals surface area contributed by atoms with Crippen molar-refractivity contribution in [1.29, 1.82) is 0 Å². The van der Waals surface area contributed by atoms with Gasteiger partial charge in [-0.05, 0) is 19.1 Å². The maximum Gasteiger partial charge on any atom is 0.153 e. The van der Waals surface area contributed by atoms with E-state index in [4.69, 9.17) is 0 Å². The molecule has 0 saturated carbocycles. The van der Waals surface area contributed by atoms with Crippen LogP contribution < -0.4 is 0 Å². The molecule has 0 atom stereocenters. The Morgan fingerprint density at radius 2 is 2.12 bits per heavy atom. The molecule has 0 saturated heterocycles. The third-order valence-corrected chi connectivity index (χ3v) is 2.31. The molecule has 0 fully saturated rings. The van der Waals surface area contributed by atoms with Crippen molar-refractivity contribution in [3.63, 3.8) is 0 Å². The van der Waals surface area contributed by atoms with E-state index in [1.807, 2.05) is 0 Å². The summed E-state index contributed by atoms with van der Waals surface area (Å²) in [5, 5.41) is 3.87. The molecule has 2 aromatic rings. The van der Waals surface area contributed by atoms with Crippen molar-refractivity contribution in [2.75, 3.05) is 0 Å². The molecule has 82 valence electrons. The van der Waals surface area contributed by atoms with Gasteiger partial charge in [-0.1, -0.05) is 0 Å². The maximum absolute atomic E-state index is 13.4. The van der Waals surface area contributed by atoms with Gasteiger partial charge >= 0.3 is 0 Å². The summed E-state index contributed by atoms with van der Waals surface area (Å²) in [6.07, 6.45) is 1.98. The second-order valence-electron chi connectivity index (χ2n) is 3.31. The third kappa shape index (κ3) is 1.60. The molecule has 0 N–H and O–H groups in total. The highest BCUT2D eigenvalue weighted by Crippen LogP contribution is 2.17. The minimum absolute atomic E-state index is 0.118. The smallest absolute Gasteiger partial charge is 0.153 e. The SMILES string of the molecule is Cc1c(C=O)cnn1-c1ccc(F)cc1F. The summed E-state index contributed by atoms with van der Waals surface area (Å²) in [6.45, 7) is 1.64. The molecule has 0 aliphatic carbocycles. The van der Waals surface area contributed by atoms with E-state index in [-0.39, 0.29) is 5.69 Å². The van der Waals surface area contributed by atoms with Gasteiger partial charge < -0.3 is 0 Å². The Hall–Kier alpha value is -2.04. The van der Waals surface area contributed by atoms with Gasteiger partial charge in [-0.25, -0.2) is 13.5 Å². The molecule has 0 aliphatic rings. The zero-order chi connectivity index (χ0) is 11.7. The van der Waals surface area contributed by atoms with Crippen LogP contribution in [-0.2, 0) is 0 Å². The predicted molar refractivity (Wildman–Crippen MR) is 53.6 cm³/mol. The Labute approximate surface area is 90.3 Å². The highest BCUT2D eigenvalue weighted by Gasteiger charge is 2.11. The zero-order valence-corrected chi connectivity index (χ0v) is 8.45. The van der Waals surface area contributed by atoms with Crippen LogP contribution in [0.3, 0.4) is 0 Å². The maximum atomic E-state index is 13.4. The average molecular weight is 222 g/mol. The summed E-state index contributed by atoms with van der Waals surface area (Å²) in [4.78, 5) is 10.6. The van der Waals surface area contributed by atoms with Crippen molar-refractivity contribution in [3.8, 4) is 5.69 Å². The minimum Gasteiger partial charge on any atom is -0.298 e. The molecule has 0 aliphatic heterocycles. The van der Waals surface area contributed by atoms with Gasteiger partial charge in [-0.15, -0.1) is 0 Å². The average Bonchev–Trinajstić information content (AvgIpc) is 2.60. The molecule has 3 nitrogen and oxygen atoms in total. The number of rotatable bonds is 2. The van der Waals surface area contributed by atoms with Crippen LogP contribution in [0.2, 0.25) is 0 Å². The molecule has 1 heterocycles. The van der Waals surface area contributed by atoms with Crippen molar-refractivity contribution in [1.82, 2.24) is 9.78 Å². The summed E-state index contributed by atoms with van der Waals surface area (Å²) in [7, 11) is 0. The standard InChI is InChI=1S/C11H8F2N2O/c1-7-8(6-16)5-14-15(7)11-3-2-9(12)4-10(11)13/h2-6H,1H3. The Morgan fingerprint density at radius 3 is 2.69 bits per heavy atom. The summed E-state index contributed by atoms with van der Waals surface area (Å²) in [5.74, 6) is -1.37. The second kappa shape index (κ2) is 3.84. The van der Waals surface area contributed by atoms with Gasteiger partial charge in [0.05, 0.1) is 17.5 Å². The van der Waals surface area contributed by atoms with Gasteiger partial charge in [0, 0.05) is 6.07 Å². The van der Waals surface area contributed by atoms with Crippen molar-refractivity contribution in [2.45, 2.75) is 6.92 Å². The van der Waals surface area contributed by atoms with E-state index in [9.17, 15) is 13.6 Å². The van der Waals surface area contributed by atoms with Crippen molar-refractivity contribution < 1.29 is 13.6 Å². The largest absolute Gasteiger partial charge is 0.298 e.